The SMILES string of the molecule is CC1(NCc2csc3ccccc23)CCS(=O)(=O)C1. The highest BCUT2D eigenvalue weighted by Crippen LogP contribution is 2.28. The molecule has 1 atom stereocenters. The van der Waals surface area contributed by atoms with E-state index in [-0.39, 0.29) is 11.3 Å². The Hall–Kier alpha value is -0.910. The molecule has 1 aromatic heterocycles. The van der Waals surface area contributed by atoms with Gasteiger partial charge in [0.25, 0.3) is 0 Å². The normalized spacial score (nSPS) is 25.9. The van der Waals surface area contributed by atoms with Crippen LogP contribution < -0.4 is 5.32 Å². The maximum atomic E-state index is 11.6. The zero-order valence-electron chi connectivity index (χ0n) is 10.8. The van der Waals surface area contributed by atoms with E-state index in [1.54, 1.807) is 11.3 Å². The molecule has 19 heavy (non-hydrogen) atoms. The molecule has 1 saturated heterocycles. The van der Waals surface area contributed by atoms with Gasteiger partial charge < -0.3 is 5.32 Å². The number of nitrogens with one attached hydrogen (secondary N) is 1. The Bertz CT molecular complexity index is 705. The van der Waals surface area contributed by atoms with Crippen molar-refractivity contribution in [3.05, 3.63) is 35.2 Å². The molecule has 102 valence electrons. The maximum absolute atomic E-state index is 11.6. The van der Waals surface area contributed by atoms with Crippen LogP contribution in [0.3, 0.4) is 0 Å². The molecule has 0 aliphatic carbocycles. The minimum absolute atomic E-state index is 0.252. The van der Waals surface area contributed by atoms with Crippen molar-refractivity contribution < 1.29 is 8.42 Å². The van der Waals surface area contributed by atoms with Crippen molar-refractivity contribution in [1.82, 2.24) is 5.32 Å². The molecule has 3 nitrogen and oxygen atoms in total. The Balaban J connectivity index is 1.76. The Morgan fingerprint density at radius 1 is 1.37 bits per heavy atom. The van der Waals surface area contributed by atoms with Crippen molar-refractivity contribution >= 4 is 31.3 Å². The van der Waals surface area contributed by atoms with Crippen LogP contribution in [0.2, 0.25) is 0 Å². The third-order valence-corrected chi connectivity index (χ3v) is 6.69. The van der Waals surface area contributed by atoms with E-state index in [9.17, 15) is 8.42 Å². The molecule has 0 radical (unpaired) electrons. The summed E-state index contributed by atoms with van der Waals surface area (Å²) in [4.78, 5) is 0. The van der Waals surface area contributed by atoms with Crippen molar-refractivity contribution in [3.8, 4) is 0 Å². The number of hydrogen-bond donors (Lipinski definition) is 1. The van der Waals surface area contributed by atoms with E-state index in [2.05, 4.69) is 22.8 Å². The van der Waals surface area contributed by atoms with Crippen LogP contribution in [0.15, 0.2) is 29.6 Å². The number of benzene rings is 1. The maximum Gasteiger partial charge on any atom is 0.152 e. The predicted octanol–water partition coefficient (Wildman–Crippen LogP) is 2.57. The minimum atomic E-state index is -2.85. The molecule has 3 rings (SSSR count). The highest BCUT2D eigenvalue weighted by molar-refractivity contribution is 7.91. The topological polar surface area (TPSA) is 46.2 Å². The molecule has 1 fully saturated rings. The molecule has 0 amide bonds. The average molecular weight is 295 g/mol. The number of rotatable bonds is 3. The van der Waals surface area contributed by atoms with Gasteiger partial charge in [0.05, 0.1) is 11.5 Å². The number of thiophene rings is 1. The molecule has 0 spiro atoms. The summed E-state index contributed by atoms with van der Waals surface area (Å²) < 4.78 is 24.4. The lowest BCUT2D eigenvalue weighted by Gasteiger charge is -2.23. The van der Waals surface area contributed by atoms with Gasteiger partial charge in [-0.1, -0.05) is 18.2 Å². The lowest BCUT2D eigenvalue weighted by molar-refractivity contribution is 0.396. The smallest absolute Gasteiger partial charge is 0.152 e. The number of hydrogen-bond acceptors (Lipinski definition) is 4. The average Bonchev–Trinajstić information content (AvgIpc) is 2.89. The first-order valence-electron chi connectivity index (χ1n) is 6.38. The third kappa shape index (κ3) is 2.68. The van der Waals surface area contributed by atoms with Crippen molar-refractivity contribution in [2.45, 2.75) is 25.4 Å². The van der Waals surface area contributed by atoms with Gasteiger partial charge in [-0.2, -0.15) is 0 Å². The molecule has 1 N–H and O–H groups in total. The van der Waals surface area contributed by atoms with Gasteiger partial charge in [-0.15, -0.1) is 11.3 Å². The van der Waals surface area contributed by atoms with Gasteiger partial charge in [-0.25, -0.2) is 8.42 Å². The fourth-order valence-corrected chi connectivity index (χ4v) is 5.71. The molecule has 2 aromatic rings. The van der Waals surface area contributed by atoms with E-state index in [1.807, 2.05) is 19.1 Å². The van der Waals surface area contributed by atoms with Crippen molar-refractivity contribution in [2.75, 3.05) is 11.5 Å². The quantitative estimate of drug-likeness (QED) is 0.946. The van der Waals surface area contributed by atoms with E-state index in [4.69, 9.17) is 0 Å². The Morgan fingerprint density at radius 2 is 2.16 bits per heavy atom. The van der Waals surface area contributed by atoms with E-state index in [1.165, 1.54) is 15.6 Å². The van der Waals surface area contributed by atoms with E-state index in [0.29, 0.717) is 12.2 Å². The van der Waals surface area contributed by atoms with E-state index in [0.717, 1.165) is 6.54 Å². The van der Waals surface area contributed by atoms with Gasteiger partial charge in [0.2, 0.25) is 0 Å². The van der Waals surface area contributed by atoms with Crippen LogP contribution in [0.5, 0.6) is 0 Å². The summed E-state index contributed by atoms with van der Waals surface area (Å²) in [6, 6.07) is 8.32. The second-order valence-electron chi connectivity index (χ2n) is 5.51. The van der Waals surface area contributed by atoms with Crippen molar-refractivity contribution in [1.29, 1.82) is 0 Å². The zero-order valence-corrected chi connectivity index (χ0v) is 12.5. The van der Waals surface area contributed by atoms with Gasteiger partial charge >= 0.3 is 0 Å². The van der Waals surface area contributed by atoms with Crippen LogP contribution in [0.1, 0.15) is 18.9 Å². The highest BCUT2D eigenvalue weighted by atomic mass is 32.2. The summed E-state index contributed by atoms with van der Waals surface area (Å²) in [7, 11) is -2.85. The van der Waals surface area contributed by atoms with Crippen LogP contribution in [-0.2, 0) is 16.4 Å². The molecule has 2 heterocycles. The first-order valence-corrected chi connectivity index (χ1v) is 9.08. The van der Waals surface area contributed by atoms with Gasteiger partial charge in [-0.05, 0) is 35.7 Å². The Morgan fingerprint density at radius 3 is 2.89 bits per heavy atom. The second kappa shape index (κ2) is 4.58. The lowest BCUT2D eigenvalue weighted by atomic mass is 10.0. The molecule has 1 aliphatic rings. The Kier molecular flexibility index (Phi) is 3.15. The summed E-state index contributed by atoms with van der Waals surface area (Å²) in [5.74, 6) is 0.558. The fraction of sp³-hybridized carbons (Fsp3) is 0.429. The first-order chi connectivity index (χ1) is 8.98. The molecule has 1 aliphatic heterocycles. The highest BCUT2D eigenvalue weighted by Gasteiger charge is 2.37. The summed E-state index contributed by atoms with van der Waals surface area (Å²) in [6.45, 7) is 2.74. The van der Waals surface area contributed by atoms with Crippen LogP contribution in [-0.4, -0.2) is 25.5 Å². The van der Waals surface area contributed by atoms with Gasteiger partial charge in [-0.3, -0.25) is 0 Å². The molecular weight excluding hydrogens is 278 g/mol. The lowest BCUT2D eigenvalue weighted by Crippen LogP contribution is -2.42. The fourth-order valence-electron chi connectivity index (χ4n) is 2.63. The van der Waals surface area contributed by atoms with Crippen molar-refractivity contribution in [2.24, 2.45) is 0 Å². The minimum Gasteiger partial charge on any atom is -0.306 e. The van der Waals surface area contributed by atoms with E-state index < -0.39 is 9.84 Å². The largest absolute Gasteiger partial charge is 0.306 e. The van der Waals surface area contributed by atoms with Crippen LogP contribution in [0, 0.1) is 0 Å². The van der Waals surface area contributed by atoms with E-state index >= 15 is 0 Å². The molecular formula is C14H17NO2S2. The molecule has 1 unspecified atom stereocenters. The van der Waals surface area contributed by atoms with Crippen LogP contribution in [0.25, 0.3) is 10.1 Å². The van der Waals surface area contributed by atoms with Crippen LogP contribution in [0.4, 0.5) is 0 Å². The summed E-state index contributed by atoms with van der Waals surface area (Å²) in [6.07, 6.45) is 0.706. The summed E-state index contributed by atoms with van der Waals surface area (Å²) in [5, 5.41) is 6.86. The predicted molar refractivity (Wildman–Crippen MR) is 80.3 cm³/mol. The second-order valence-corrected chi connectivity index (χ2v) is 8.61. The monoisotopic (exact) mass is 295 g/mol. The number of fused-ring (bicyclic) bond motifs is 1. The Labute approximate surface area is 117 Å². The van der Waals surface area contributed by atoms with Crippen LogP contribution >= 0.6 is 11.3 Å². The van der Waals surface area contributed by atoms with Gasteiger partial charge in [0.15, 0.2) is 9.84 Å². The molecule has 0 bridgehead atoms. The zero-order chi connectivity index (χ0) is 13.5. The standard InChI is InChI=1S/C14H17NO2S2/c1-14(6-7-19(16,17)10-14)15-8-11-9-18-13-5-3-2-4-12(11)13/h2-5,9,15H,6-8,10H2,1H3. The first kappa shape index (κ1) is 13.1. The summed E-state index contributed by atoms with van der Waals surface area (Å²) in [5.41, 5.74) is 0.980. The summed E-state index contributed by atoms with van der Waals surface area (Å²) >= 11 is 1.74. The van der Waals surface area contributed by atoms with Gasteiger partial charge in [0, 0.05) is 16.8 Å². The molecule has 5 heteroatoms. The third-order valence-electron chi connectivity index (χ3n) is 3.77. The van der Waals surface area contributed by atoms with Crippen molar-refractivity contribution in [3.63, 3.8) is 0 Å². The van der Waals surface area contributed by atoms with Gasteiger partial charge in [0.1, 0.15) is 0 Å². The molecule has 1 aromatic carbocycles. The molecule has 0 saturated carbocycles. The number of sulfone groups is 1.